The number of likely N-dealkylation sites (tertiary alicyclic amines) is 1. The summed E-state index contributed by atoms with van der Waals surface area (Å²) in [7, 11) is 1.73. The van der Waals surface area contributed by atoms with Crippen LogP contribution in [-0.2, 0) is 24.4 Å². The lowest BCUT2D eigenvalue weighted by atomic mass is 10.1. The van der Waals surface area contributed by atoms with Crippen molar-refractivity contribution in [2.45, 2.75) is 52.4 Å². The molecule has 1 saturated heterocycles. The summed E-state index contributed by atoms with van der Waals surface area (Å²) < 4.78 is 7.81. The number of aromatic nitrogens is 3. The predicted molar refractivity (Wildman–Crippen MR) is 101 cm³/mol. The lowest BCUT2D eigenvalue weighted by molar-refractivity contribution is -0.130. The van der Waals surface area contributed by atoms with Gasteiger partial charge >= 0.3 is 0 Å². The van der Waals surface area contributed by atoms with Gasteiger partial charge in [0.1, 0.15) is 5.75 Å². The SMILES string of the molecule is COc1cc(C)ccc1CN1CCCC1c1nnc2n1CCN(C(C)=O)C2. The summed E-state index contributed by atoms with van der Waals surface area (Å²) in [5.74, 6) is 2.98. The fourth-order valence-electron chi connectivity index (χ4n) is 4.20. The number of hydrogen-bond donors (Lipinski definition) is 0. The molecule has 0 aliphatic carbocycles. The fraction of sp³-hybridized carbons (Fsp3) is 0.550. The van der Waals surface area contributed by atoms with Crippen molar-refractivity contribution >= 4 is 5.91 Å². The second-order valence-electron chi connectivity index (χ2n) is 7.51. The molecule has 2 aliphatic rings. The summed E-state index contributed by atoms with van der Waals surface area (Å²) in [6, 6.07) is 6.66. The number of methoxy groups -OCH3 is 1. The second kappa shape index (κ2) is 7.31. The molecule has 1 aromatic heterocycles. The molecule has 0 spiro atoms. The first-order valence-electron chi connectivity index (χ1n) is 9.62. The third-order valence-corrected chi connectivity index (χ3v) is 5.70. The monoisotopic (exact) mass is 369 g/mol. The number of benzene rings is 1. The molecule has 0 bridgehead atoms. The number of amides is 1. The molecule has 3 heterocycles. The zero-order valence-electron chi connectivity index (χ0n) is 16.3. The van der Waals surface area contributed by atoms with Crippen LogP contribution in [0.4, 0.5) is 0 Å². The molecule has 144 valence electrons. The molecule has 7 heteroatoms. The highest BCUT2D eigenvalue weighted by molar-refractivity contribution is 5.73. The quantitative estimate of drug-likeness (QED) is 0.827. The number of nitrogens with zero attached hydrogens (tertiary/aromatic N) is 5. The van der Waals surface area contributed by atoms with E-state index in [1.54, 1.807) is 14.0 Å². The minimum atomic E-state index is 0.0970. The van der Waals surface area contributed by atoms with Gasteiger partial charge in [0.25, 0.3) is 0 Å². The maximum atomic E-state index is 11.7. The summed E-state index contributed by atoms with van der Waals surface area (Å²) >= 11 is 0. The summed E-state index contributed by atoms with van der Waals surface area (Å²) in [4.78, 5) is 16.0. The zero-order valence-corrected chi connectivity index (χ0v) is 16.3. The first kappa shape index (κ1) is 18.0. The van der Waals surface area contributed by atoms with E-state index in [1.807, 2.05) is 4.90 Å². The molecular weight excluding hydrogens is 342 g/mol. The first-order chi connectivity index (χ1) is 13.1. The second-order valence-corrected chi connectivity index (χ2v) is 7.51. The molecule has 1 atom stereocenters. The molecule has 1 fully saturated rings. The van der Waals surface area contributed by atoms with Crippen LogP contribution < -0.4 is 4.74 Å². The Labute approximate surface area is 159 Å². The van der Waals surface area contributed by atoms with E-state index in [1.165, 1.54) is 11.1 Å². The maximum absolute atomic E-state index is 11.7. The first-order valence-corrected chi connectivity index (χ1v) is 9.62. The largest absolute Gasteiger partial charge is 0.496 e. The zero-order chi connectivity index (χ0) is 19.0. The fourth-order valence-corrected chi connectivity index (χ4v) is 4.20. The van der Waals surface area contributed by atoms with Gasteiger partial charge in [-0.25, -0.2) is 0 Å². The summed E-state index contributed by atoms with van der Waals surface area (Å²) in [5, 5.41) is 8.91. The third-order valence-electron chi connectivity index (χ3n) is 5.70. The van der Waals surface area contributed by atoms with Crippen LogP contribution in [0.2, 0.25) is 0 Å². The van der Waals surface area contributed by atoms with Gasteiger partial charge in [0, 0.05) is 32.1 Å². The molecular formula is C20H27N5O2. The molecule has 2 aliphatic heterocycles. The van der Waals surface area contributed by atoms with Crippen molar-refractivity contribution in [3.8, 4) is 5.75 Å². The maximum Gasteiger partial charge on any atom is 0.219 e. The van der Waals surface area contributed by atoms with E-state index in [0.29, 0.717) is 6.54 Å². The molecule has 1 amide bonds. The Morgan fingerprint density at radius 1 is 1.26 bits per heavy atom. The molecule has 0 N–H and O–H groups in total. The number of ether oxygens (including phenoxy) is 1. The lowest BCUT2D eigenvalue weighted by Crippen LogP contribution is -2.38. The van der Waals surface area contributed by atoms with E-state index in [0.717, 1.165) is 56.4 Å². The number of hydrogen-bond acceptors (Lipinski definition) is 5. The molecule has 0 radical (unpaired) electrons. The Hall–Kier alpha value is -2.41. The molecule has 4 rings (SSSR count). The van der Waals surface area contributed by atoms with Gasteiger partial charge in [-0.2, -0.15) is 0 Å². The van der Waals surface area contributed by atoms with Crippen LogP contribution in [0.15, 0.2) is 18.2 Å². The van der Waals surface area contributed by atoms with Crippen molar-refractivity contribution in [1.29, 1.82) is 0 Å². The predicted octanol–water partition coefficient (Wildman–Crippen LogP) is 2.29. The molecule has 27 heavy (non-hydrogen) atoms. The van der Waals surface area contributed by atoms with Crippen LogP contribution in [0.25, 0.3) is 0 Å². The normalized spacial score (nSPS) is 20.0. The Morgan fingerprint density at radius 3 is 2.89 bits per heavy atom. The Bertz CT molecular complexity index is 847. The number of aryl methyl sites for hydroxylation is 1. The highest BCUT2D eigenvalue weighted by Gasteiger charge is 2.33. The Morgan fingerprint density at radius 2 is 2.11 bits per heavy atom. The topological polar surface area (TPSA) is 63.5 Å². The summed E-state index contributed by atoms with van der Waals surface area (Å²) in [6.45, 7) is 7.64. The summed E-state index contributed by atoms with van der Waals surface area (Å²) in [6.07, 6.45) is 2.24. The number of fused-ring (bicyclic) bond motifs is 1. The Kier molecular flexibility index (Phi) is 4.86. The highest BCUT2D eigenvalue weighted by Crippen LogP contribution is 2.34. The smallest absolute Gasteiger partial charge is 0.219 e. The van der Waals surface area contributed by atoms with Crippen LogP contribution in [0.1, 0.15) is 48.6 Å². The molecule has 1 aromatic carbocycles. The van der Waals surface area contributed by atoms with Crippen molar-refractivity contribution in [2.24, 2.45) is 0 Å². The molecule has 7 nitrogen and oxygen atoms in total. The Balaban J connectivity index is 1.56. The van der Waals surface area contributed by atoms with Crippen molar-refractivity contribution in [2.75, 3.05) is 20.2 Å². The van der Waals surface area contributed by atoms with E-state index < -0.39 is 0 Å². The van der Waals surface area contributed by atoms with Crippen molar-refractivity contribution in [1.82, 2.24) is 24.6 Å². The average Bonchev–Trinajstić information content (AvgIpc) is 3.28. The van der Waals surface area contributed by atoms with Crippen LogP contribution in [0.5, 0.6) is 5.75 Å². The third kappa shape index (κ3) is 3.43. The van der Waals surface area contributed by atoms with Gasteiger partial charge in [-0.15, -0.1) is 10.2 Å². The van der Waals surface area contributed by atoms with Crippen LogP contribution >= 0.6 is 0 Å². The van der Waals surface area contributed by atoms with Crippen molar-refractivity contribution in [3.05, 3.63) is 41.0 Å². The highest BCUT2D eigenvalue weighted by atomic mass is 16.5. The summed E-state index contributed by atoms with van der Waals surface area (Å²) in [5.41, 5.74) is 2.41. The van der Waals surface area contributed by atoms with Crippen LogP contribution in [0.3, 0.4) is 0 Å². The van der Waals surface area contributed by atoms with Gasteiger partial charge in [0.15, 0.2) is 11.6 Å². The number of carbonyl (C=O) groups is 1. The lowest BCUT2D eigenvalue weighted by Gasteiger charge is -2.29. The van der Waals surface area contributed by atoms with Gasteiger partial charge in [-0.1, -0.05) is 12.1 Å². The average molecular weight is 369 g/mol. The van der Waals surface area contributed by atoms with Gasteiger partial charge in [-0.05, 0) is 37.9 Å². The molecule has 1 unspecified atom stereocenters. The van der Waals surface area contributed by atoms with E-state index in [2.05, 4.69) is 44.8 Å². The van der Waals surface area contributed by atoms with Crippen LogP contribution in [0, 0.1) is 6.92 Å². The van der Waals surface area contributed by atoms with Gasteiger partial charge in [0.2, 0.25) is 5.91 Å². The molecule has 0 saturated carbocycles. The van der Waals surface area contributed by atoms with E-state index in [9.17, 15) is 4.79 Å². The van der Waals surface area contributed by atoms with E-state index in [4.69, 9.17) is 4.74 Å². The molecule has 2 aromatic rings. The van der Waals surface area contributed by atoms with Crippen LogP contribution in [-0.4, -0.2) is 50.7 Å². The van der Waals surface area contributed by atoms with Crippen molar-refractivity contribution in [3.63, 3.8) is 0 Å². The minimum Gasteiger partial charge on any atom is -0.496 e. The van der Waals surface area contributed by atoms with Crippen molar-refractivity contribution < 1.29 is 9.53 Å². The number of carbonyl (C=O) groups excluding carboxylic acids is 1. The van der Waals surface area contributed by atoms with E-state index in [-0.39, 0.29) is 11.9 Å². The van der Waals surface area contributed by atoms with Gasteiger partial charge < -0.3 is 14.2 Å². The minimum absolute atomic E-state index is 0.0970. The van der Waals surface area contributed by atoms with E-state index >= 15 is 0 Å². The number of rotatable bonds is 4. The van der Waals surface area contributed by atoms with Gasteiger partial charge in [0.05, 0.1) is 19.7 Å². The standard InChI is InChI=1S/C20H27N5O2/c1-14-6-7-16(18(11-14)27-3)12-24-8-4-5-17(24)20-22-21-19-13-23(15(2)26)9-10-25(19)20/h6-7,11,17H,4-5,8-10,12-13H2,1-3H3. The van der Waals surface area contributed by atoms with Gasteiger partial charge in [-0.3, -0.25) is 9.69 Å².